The van der Waals surface area contributed by atoms with E-state index in [1.807, 2.05) is 0 Å². The van der Waals surface area contributed by atoms with Gasteiger partial charge in [-0.1, -0.05) is 76.9 Å². The number of aromatic hydroxyl groups is 2. The molecular formula is C22H36O2. The fourth-order valence-corrected chi connectivity index (χ4v) is 2.95. The summed E-state index contributed by atoms with van der Waals surface area (Å²) in [5.41, 5.74) is 1.50. The molecule has 0 radical (unpaired) electrons. The molecule has 0 heterocycles. The maximum Gasteiger partial charge on any atom is 0.122 e. The van der Waals surface area contributed by atoms with E-state index in [0.717, 1.165) is 18.4 Å². The van der Waals surface area contributed by atoms with Gasteiger partial charge in [-0.15, -0.1) is 0 Å². The molecule has 0 saturated carbocycles. The molecule has 2 heteroatoms. The smallest absolute Gasteiger partial charge is 0.122 e. The standard InChI is InChI=1S/C22H36O2/c1-3-4-5-6-7-8-9-10-11-12-13-14-15-16-20-17-21(23)19(2)22(24)18-20/h14-15,17-18,23-24H,3-13,16H2,1-2H3. The van der Waals surface area contributed by atoms with Crippen LogP contribution < -0.4 is 0 Å². The van der Waals surface area contributed by atoms with Gasteiger partial charge in [0, 0.05) is 5.56 Å². The minimum absolute atomic E-state index is 0.174. The molecule has 1 aromatic carbocycles. The summed E-state index contributed by atoms with van der Waals surface area (Å²) < 4.78 is 0. The minimum atomic E-state index is 0.174. The first-order valence-corrected chi connectivity index (χ1v) is 9.81. The van der Waals surface area contributed by atoms with Gasteiger partial charge in [0.05, 0.1) is 0 Å². The number of hydrogen-bond acceptors (Lipinski definition) is 2. The lowest BCUT2D eigenvalue weighted by Gasteiger charge is -2.05. The van der Waals surface area contributed by atoms with Crippen LogP contribution >= 0.6 is 0 Å². The largest absolute Gasteiger partial charge is 0.508 e. The van der Waals surface area contributed by atoms with E-state index in [2.05, 4.69) is 19.1 Å². The molecule has 0 aromatic heterocycles. The summed E-state index contributed by atoms with van der Waals surface area (Å²) in [7, 11) is 0. The molecule has 0 spiro atoms. The van der Waals surface area contributed by atoms with Crippen LogP contribution in [0.1, 0.15) is 88.7 Å². The summed E-state index contributed by atoms with van der Waals surface area (Å²) in [5, 5.41) is 19.4. The summed E-state index contributed by atoms with van der Waals surface area (Å²) in [4.78, 5) is 0. The Morgan fingerprint density at radius 2 is 1.25 bits per heavy atom. The van der Waals surface area contributed by atoms with E-state index in [4.69, 9.17) is 0 Å². The third-order valence-electron chi connectivity index (χ3n) is 4.66. The first-order chi connectivity index (χ1) is 11.6. The van der Waals surface area contributed by atoms with Crippen LogP contribution in [0.5, 0.6) is 11.5 Å². The number of phenols is 2. The normalized spacial score (nSPS) is 11.4. The van der Waals surface area contributed by atoms with Crippen molar-refractivity contribution in [3.8, 4) is 11.5 Å². The highest BCUT2D eigenvalue weighted by atomic mass is 16.3. The highest BCUT2D eigenvalue weighted by Crippen LogP contribution is 2.27. The van der Waals surface area contributed by atoms with E-state index in [-0.39, 0.29) is 11.5 Å². The van der Waals surface area contributed by atoms with Crippen LogP contribution in [0.3, 0.4) is 0 Å². The lowest BCUT2D eigenvalue weighted by atomic mass is 10.0. The molecule has 2 nitrogen and oxygen atoms in total. The van der Waals surface area contributed by atoms with Gasteiger partial charge in [-0.2, -0.15) is 0 Å². The predicted octanol–water partition coefficient (Wildman–Crippen LogP) is 6.82. The Labute approximate surface area is 148 Å². The summed E-state index contributed by atoms with van der Waals surface area (Å²) >= 11 is 0. The molecule has 1 rings (SSSR count). The van der Waals surface area contributed by atoms with E-state index in [9.17, 15) is 10.2 Å². The number of unbranched alkanes of at least 4 members (excludes halogenated alkanes) is 10. The van der Waals surface area contributed by atoms with Crippen molar-refractivity contribution in [1.29, 1.82) is 0 Å². The first kappa shape index (κ1) is 20.6. The zero-order valence-electron chi connectivity index (χ0n) is 15.7. The van der Waals surface area contributed by atoms with E-state index < -0.39 is 0 Å². The fraction of sp³-hybridized carbons (Fsp3) is 0.636. The third kappa shape index (κ3) is 9.00. The monoisotopic (exact) mass is 332 g/mol. The number of hydrogen-bond donors (Lipinski definition) is 2. The van der Waals surface area contributed by atoms with Crippen molar-refractivity contribution >= 4 is 0 Å². The number of benzene rings is 1. The molecule has 0 unspecified atom stereocenters. The molecule has 136 valence electrons. The van der Waals surface area contributed by atoms with Crippen LogP contribution in [0, 0.1) is 6.92 Å². The van der Waals surface area contributed by atoms with E-state index >= 15 is 0 Å². The second kappa shape index (κ2) is 12.9. The summed E-state index contributed by atoms with van der Waals surface area (Å²) in [6.07, 6.45) is 20.0. The van der Waals surface area contributed by atoms with Crippen LogP contribution in [0.25, 0.3) is 0 Å². The number of phenolic OH excluding ortho intramolecular Hbond substituents is 2. The average molecular weight is 333 g/mol. The maximum absolute atomic E-state index is 9.70. The quantitative estimate of drug-likeness (QED) is 0.307. The number of allylic oxidation sites excluding steroid dienone is 2. The van der Waals surface area contributed by atoms with Gasteiger partial charge in [0.2, 0.25) is 0 Å². The van der Waals surface area contributed by atoms with Gasteiger partial charge in [-0.05, 0) is 43.9 Å². The van der Waals surface area contributed by atoms with Crippen LogP contribution in [0.4, 0.5) is 0 Å². The molecule has 2 N–H and O–H groups in total. The van der Waals surface area contributed by atoms with Crippen LogP contribution in [-0.2, 0) is 6.42 Å². The van der Waals surface area contributed by atoms with Gasteiger partial charge >= 0.3 is 0 Å². The van der Waals surface area contributed by atoms with Crippen LogP contribution in [0.15, 0.2) is 24.3 Å². The molecule has 0 atom stereocenters. The lowest BCUT2D eigenvalue weighted by Crippen LogP contribution is -1.85. The van der Waals surface area contributed by atoms with Crippen molar-refractivity contribution in [3.63, 3.8) is 0 Å². The van der Waals surface area contributed by atoms with Crippen LogP contribution in [-0.4, -0.2) is 10.2 Å². The van der Waals surface area contributed by atoms with Crippen molar-refractivity contribution in [2.75, 3.05) is 0 Å². The molecule has 0 bridgehead atoms. The van der Waals surface area contributed by atoms with Gasteiger partial charge in [0.25, 0.3) is 0 Å². The van der Waals surface area contributed by atoms with Crippen molar-refractivity contribution in [2.45, 2.75) is 90.9 Å². The van der Waals surface area contributed by atoms with E-state index in [1.165, 1.54) is 64.2 Å². The molecule has 1 aromatic rings. The summed E-state index contributed by atoms with van der Waals surface area (Å²) in [6.45, 7) is 3.98. The minimum Gasteiger partial charge on any atom is -0.508 e. The van der Waals surface area contributed by atoms with Crippen molar-refractivity contribution in [2.24, 2.45) is 0 Å². The van der Waals surface area contributed by atoms with Gasteiger partial charge < -0.3 is 10.2 Å². The van der Waals surface area contributed by atoms with E-state index in [1.54, 1.807) is 19.1 Å². The molecule has 0 saturated heterocycles. The van der Waals surface area contributed by atoms with Crippen molar-refractivity contribution < 1.29 is 10.2 Å². The predicted molar refractivity (Wildman–Crippen MR) is 104 cm³/mol. The molecule has 0 fully saturated rings. The average Bonchev–Trinajstić information content (AvgIpc) is 2.56. The Bertz CT molecular complexity index is 454. The van der Waals surface area contributed by atoms with Crippen molar-refractivity contribution in [3.05, 3.63) is 35.4 Å². The van der Waals surface area contributed by atoms with E-state index in [0.29, 0.717) is 5.56 Å². The Balaban J connectivity index is 2.00. The summed E-state index contributed by atoms with van der Waals surface area (Å²) in [5.74, 6) is 0.348. The Morgan fingerprint density at radius 3 is 1.79 bits per heavy atom. The SMILES string of the molecule is CCCCCCCCCCCCC=CCc1cc(O)c(C)c(O)c1. The maximum atomic E-state index is 9.70. The molecule has 0 aliphatic heterocycles. The summed E-state index contributed by atoms with van der Waals surface area (Å²) in [6, 6.07) is 3.47. The Hall–Kier alpha value is -1.44. The second-order valence-corrected chi connectivity index (χ2v) is 6.91. The van der Waals surface area contributed by atoms with Crippen LogP contribution in [0.2, 0.25) is 0 Å². The van der Waals surface area contributed by atoms with Gasteiger partial charge in [-0.25, -0.2) is 0 Å². The fourth-order valence-electron chi connectivity index (χ4n) is 2.95. The molecule has 0 amide bonds. The number of rotatable bonds is 13. The second-order valence-electron chi connectivity index (χ2n) is 6.91. The lowest BCUT2D eigenvalue weighted by molar-refractivity contribution is 0.442. The molecule has 0 aliphatic rings. The van der Waals surface area contributed by atoms with Gasteiger partial charge in [0.1, 0.15) is 11.5 Å². The molecule has 0 aliphatic carbocycles. The Kier molecular flexibility index (Phi) is 11.1. The zero-order chi connectivity index (χ0) is 17.6. The van der Waals surface area contributed by atoms with Crippen molar-refractivity contribution in [1.82, 2.24) is 0 Å². The van der Waals surface area contributed by atoms with Gasteiger partial charge in [-0.3, -0.25) is 0 Å². The Morgan fingerprint density at radius 1 is 0.750 bits per heavy atom. The topological polar surface area (TPSA) is 40.5 Å². The van der Waals surface area contributed by atoms with Gasteiger partial charge in [0.15, 0.2) is 0 Å². The zero-order valence-corrected chi connectivity index (χ0v) is 15.7. The molecular weight excluding hydrogens is 296 g/mol. The first-order valence-electron chi connectivity index (χ1n) is 9.81. The molecule has 24 heavy (non-hydrogen) atoms. The highest BCUT2D eigenvalue weighted by molar-refractivity contribution is 5.45. The third-order valence-corrected chi connectivity index (χ3v) is 4.66. The highest BCUT2D eigenvalue weighted by Gasteiger charge is 2.03.